The average molecular weight is 465 g/mol. The van der Waals surface area contributed by atoms with Crippen LogP contribution in [0.25, 0.3) is 0 Å². The Hall–Kier alpha value is -0.240. The van der Waals surface area contributed by atoms with Crippen LogP contribution in [0.2, 0.25) is 0 Å². The maximum absolute atomic E-state index is 11.7. The minimum absolute atomic E-state index is 0.134. The number of aliphatic hydroxyl groups is 4. The van der Waals surface area contributed by atoms with Crippen molar-refractivity contribution >= 4 is 0 Å². The predicted octanol–water partition coefficient (Wildman–Crippen LogP) is 2.85. The minimum Gasteiger partial charge on any atom is -0.392 e. The topological polar surface area (TPSA) is 99.4 Å². The molecule has 6 rings (SSSR count). The molecule has 14 atom stereocenters. The van der Waals surface area contributed by atoms with E-state index in [9.17, 15) is 20.4 Å². The zero-order valence-electron chi connectivity index (χ0n) is 20.7. The molecule has 0 bridgehead atoms. The van der Waals surface area contributed by atoms with Crippen LogP contribution in [0, 0.1) is 46.3 Å². The Morgan fingerprint density at radius 1 is 0.879 bits per heavy atom. The molecule has 2 heterocycles. The molecule has 0 aromatic rings. The summed E-state index contributed by atoms with van der Waals surface area (Å²) in [5.41, 5.74) is -2.07. The van der Waals surface area contributed by atoms with E-state index in [2.05, 4.69) is 20.8 Å². The average Bonchev–Trinajstić information content (AvgIpc) is 3.22. The zero-order valence-corrected chi connectivity index (χ0v) is 20.7. The van der Waals surface area contributed by atoms with Crippen molar-refractivity contribution in [2.24, 2.45) is 46.3 Å². The lowest BCUT2D eigenvalue weighted by Gasteiger charge is -2.66. The molecule has 6 heteroatoms. The molecule has 188 valence electrons. The molecule has 4 aliphatic carbocycles. The first kappa shape index (κ1) is 23.2. The van der Waals surface area contributed by atoms with Crippen LogP contribution in [0.5, 0.6) is 0 Å². The lowest BCUT2D eigenvalue weighted by Crippen LogP contribution is -2.73. The van der Waals surface area contributed by atoms with Gasteiger partial charge in [0.2, 0.25) is 0 Å². The zero-order chi connectivity index (χ0) is 23.6. The summed E-state index contributed by atoms with van der Waals surface area (Å²) in [5, 5.41) is 44.0. The fraction of sp³-hybridized carbons (Fsp3) is 1.00. The van der Waals surface area contributed by atoms with Crippen molar-refractivity contribution in [3.63, 3.8) is 0 Å². The first-order valence-corrected chi connectivity index (χ1v) is 13.6. The van der Waals surface area contributed by atoms with Gasteiger partial charge >= 0.3 is 0 Å². The van der Waals surface area contributed by atoms with E-state index in [1.54, 1.807) is 0 Å². The molecule has 6 aliphatic rings. The van der Waals surface area contributed by atoms with E-state index >= 15 is 0 Å². The lowest BCUT2D eigenvalue weighted by molar-refractivity contribution is -0.301. The van der Waals surface area contributed by atoms with Gasteiger partial charge < -0.3 is 29.9 Å². The molecule has 0 radical (unpaired) electrons. The van der Waals surface area contributed by atoms with Crippen molar-refractivity contribution in [1.29, 1.82) is 0 Å². The van der Waals surface area contributed by atoms with Gasteiger partial charge in [-0.2, -0.15) is 0 Å². The summed E-state index contributed by atoms with van der Waals surface area (Å²) in [4.78, 5) is 0. The first-order valence-electron chi connectivity index (χ1n) is 13.6. The van der Waals surface area contributed by atoms with Crippen LogP contribution < -0.4 is 0 Å². The molecule has 1 spiro atoms. The SMILES string of the molecule is C[C@H]1CC[C@@]2(OC1)O[C@H]1C[C@@H]3[C@@H]4CC[C@]5(O)[C@@H](O)[C@@H](O)C[C@@H](O)[C@]5(C)[C@H]4CC[C@]3(C)[C@H]1[C@@H]2C. The van der Waals surface area contributed by atoms with Crippen LogP contribution in [0.3, 0.4) is 0 Å². The van der Waals surface area contributed by atoms with Crippen molar-refractivity contribution in [2.45, 2.75) is 115 Å². The Labute approximate surface area is 198 Å². The third-order valence-electron chi connectivity index (χ3n) is 12.3. The van der Waals surface area contributed by atoms with Gasteiger partial charge in [0.15, 0.2) is 5.79 Å². The molecule has 0 aromatic heterocycles. The van der Waals surface area contributed by atoms with Gasteiger partial charge in [-0.05, 0) is 73.5 Å². The highest BCUT2D eigenvalue weighted by molar-refractivity contribution is 5.21. The maximum atomic E-state index is 11.7. The van der Waals surface area contributed by atoms with E-state index in [4.69, 9.17) is 9.47 Å². The second kappa shape index (κ2) is 7.17. The molecule has 6 nitrogen and oxygen atoms in total. The normalized spacial score (nSPS) is 64.7. The summed E-state index contributed by atoms with van der Waals surface area (Å²) in [6.07, 6.45) is 3.73. The van der Waals surface area contributed by atoms with Gasteiger partial charge in [0.1, 0.15) is 11.7 Å². The van der Waals surface area contributed by atoms with Crippen LogP contribution in [-0.2, 0) is 9.47 Å². The second-order valence-electron chi connectivity index (χ2n) is 13.4. The van der Waals surface area contributed by atoms with E-state index in [0.29, 0.717) is 36.0 Å². The van der Waals surface area contributed by atoms with Crippen LogP contribution in [-0.4, -0.2) is 62.8 Å². The lowest BCUT2D eigenvalue weighted by atomic mass is 9.41. The third-order valence-corrected chi connectivity index (χ3v) is 12.3. The summed E-state index contributed by atoms with van der Waals surface area (Å²) in [6.45, 7) is 9.85. The van der Waals surface area contributed by atoms with Gasteiger partial charge in [-0.15, -0.1) is 0 Å². The van der Waals surface area contributed by atoms with E-state index in [0.717, 1.165) is 45.1 Å². The van der Waals surface area contributed by atoms with Crippen molar-refractivity contribution in [1.82, 2.24) is 0 Å². The minimum atomic E-state index is -1.44. The highest BCUT2D eigenvalue weighted by Gasteiger charge is 2.73. The van der Waals surface area contributed by atoms with E-state index in [1.165, 1.54) is 0 Å². The summed E-state index contributed by atoms with van der Waals surface area (Å²) in [7, 11) is 0. The summed E-state index contributed by atoms with van der Waals surface area (Å²) >= 11 is 0. The van der Waals surface area contributed by atoms with Crippen LogP contribution in [0.1, 0.15) is 79.1 Å². The summed E-state index contributed by atoms with van der Waals surface area (Å²) in [5.74, 6) is 2.07. The van der Waals surface area contributed by atoms with Gasteiger partial charge in [0, 0.05) is 24.2 Å². The van der Waals surface area contributed by atoms with Gasteiger partial charge in [0.25, 0.3) is 0 Å². The number of hydrogen-bond acceptors (Lipinski definition) is 6. The Bertz CT molecular complexity index is 795. The molecule has 33 heavy (non-hydrogen) atoms. The Morgan fingerprint density at radius 3 is 2.33 bits per heavy atom. The van der Waals surface area contributed by atoms with Gasteiger partial charge in [-0.3, -0.25) is 0 Å². The molecular formula is C27H44O6. The Balaban J connectivity index is 1.30. The largest absolute Gasteiger partial charge is 0.392 e. The van der Waals surface area contributed by atoms with Crippen LogP contribution in [0.15, 0.2) is 0 Å². The summed E-state index contributed by atoms with van der Waals surface area (Å²) < 4.78 is 13.2. The third kappa shape index (κ3) is 2.72. The highest BCUT2D eigenvalue weighted by Crippen LogP contribution is 2.71. The molecule has 0 unspecified atom stereocenters. The van der Waals surface area contributed by atoms with E-state index in [1.807, 2.05) is 6.92 Å². The van der Waals surface area contributed by atoms with E-state index in [-0.39, 0.29) is 23.9 Å². The number of hydrogen-bond donors (Lipinski definition) is 4. The number of fused-ring (bicyclic) bond motifs is 7. The van der Waals surface area contributed by atoms with E-state index < -0.39 is 35.1 Å². The smallest absolute Gasteiger partial charge is 0.171 e. The van der Waals surface area contributed by atoms with Gasteiger partial charge in [-0.1, -0.05) is 27.7 Å². The van der Waals surface area contributed by atoms with Crippen molar-refractivity contribution < 1.29 is 29.9 Å². The predicted molar refractivity (Wildman–Crippen MR) is 122 cm³/mol. The van der Waals surface area contributed by atoms with Crippen molar-refractivity contribution in [2.75, 3.05) is 6.61 Å². The maximum Gasteiger partial charge on any atom is 0.171 e. The second-order valence-corrected chi connectivity index (χ2v) is 13.4. The van der Waals surface area contributed by atoms with Crippen LogP contribution in [0.4, 0.5) is 0 Å². The van der Waals surface area contributed by atoms with Crippen molar-refractivity contribution in [3.8, 4) is 0 Å². The molecule has 4 N–H and O–H groups in total. The van der Waals surface area contributed by atoms with Gasteiger partial charge in [0.05, 0.1) is 24.9 Å². The van der Waals surface area contributed by atoms with Gasteiger partial charge in [-0.25, -0.2) is 0 Å². The molecule has 2 aliphatic heterocycles. The number of rotatable bonds is 0. The summed E-state index contributed by atoms with van der Waals surface area (Å²) in [6, 6.07) is 0. The first-order chi connectivity index (χ1) is 15.5. The fourth-order valence-corrected chi connectivity index (χ4v) is 10.4. The highest BCUT2D eigenvalue weighted by atomic mass is 16.7. The molecule has 0 aromatic carbocycles. The molecule has 4 saturated carbocycles. The molecule has 0 amide bonds. The number of ether oxygens (including phenoxy) is 2. The molecule has 6 fully saturated rings. The quantitative estimate of drug-likeness (QED) is 0.440. The van der Waals surface area contributed by atoms with Crippen LogP contribution >= 0.6 is 0 Å². The number of aliphatic hydroxyl groups excluding tert-OH is 3. The molecular weight excluding hydrogens is 420 g/mol. The fourth-order valence-electron chi connectivity index (χ4n) is 10.4. The van der Waals surface area contributed by atoms with Crippen molar-refractivity contribution in [3.05, 3.63) is 0 Å². The Morgan fingerprint density at radius 2 is 1.64 bits per heavy atom. The Kier molecular flexibility index (Phi) is 5.03. The standard InChI is InChI=1S/C27H44O6/c1-14-5-10-27(32-13-14)15(2)22-20(33-27)11-18-16-6-9-26(31)23(30)19(28)12-21(29)25(26,4)17(16)7-8-24(18,22)3/h14-23,28-31H,5-13H2,1-4H3/t14-,15-,16+,17-,18+,19-,20-,21+,22-,23-,24-,25-,26-,27+/m0/s1. The molecule has 2 saturated heterocycles. The monoisotopic (exact) mass is 464 g/mol.